The first-order valence-electron chi connectivity index (χ1n) is 9.65. The Balaban J connectivity index is 1.71. The molecule has 6 heteroatoms. The number of carbonyl (C=O) groups excluding carboxylic acids is 1. The summed E-state index contributed by atoms with van der Waals surface area (Å²) in [6, 6.07) is 14.0. The van der Waals surface area contributed by atoms with Crippen molar-refractivity contribution in [3.8, 4) is 5.82 Å². The molecule has 0 atom stereocenters. The van der Waals surface area contributed by atoms with Crippen LogP contribution in [-0.2, 0) is 19.5 Å². The first-order chi connectivity index (χ1) is 13.6. The standard InChI is InChI=1S/C22H27N5O/c1-4-20-19(15-25-27(20)21-11-6-7-12-23-21)22(28)24-14-17-9-8-10-18(13-17)16-26(3)5-2/h6-13,15H,4-5,14,16H2,1-3H3,(H,24,28). The van der Waals surface area contributed by atoms with Gasteiger partial charge in [0.2, 0.25) is 0 Å². The summed E-state index contributed by atoms with van der Waals surface area (Å²) in [4.78, 5) is 19.3. The molecule has 0 saturated heterocycles. The van der Waals surface area contributed by atoms with Crippen LogP contribution >= 0.6 is 0 Å². The maximum absolute atomic E-state index is 12.8. The molecule has 3 aromatic rings. The van der Waals surface area contributed by atoms with Crippen LogP contribution in [0.25, 0.3) is 5.82 Å². The zero-order valence-corrected chi connectivity index (χ0v) is 16.7. The average Bonchev–Trinajstić information content (AvgIpc) is 3.17. The first kappa shape index (κ1) is 19.8. The van der Waals surface area contributed by atoms with E-state index < -0.39 is 0 Å². The quantitative estimate of drug-likeness (QED) is 0.655. The van der Waals surface area contributed by atoms with Crippen LogP contribution in [0.2, 0.25) is 0 Å². The molecule has 2 heterocycles. The van der Waals surface area contributed by atoms with Crippen molar-refractivity contribution in [1.29, 1.82) is 0 Å². The maximum Gasteiger partial charge on any atom is 0.255 e. The molecule has 0 radical (unpaired) electrons. The number of rotatable bonds is 8. The molecule has 1 amide bonds. The zero-order chi connectivity index (χ0) is 19.9. The van der Waals surface area contributed by atoms with E-state index in [1.807, 2.05) is 37.3 Å². The number of carbonyl (C=O) groups is 1. The van der Waals surface area contributed by atoms with Gasteiger partial charge >= 0.3 is 0 Å². The van der Waals surface area contributed by atoms with Crippen LogP contribution in [0.3, 0.4) is 0 Å². The Morgan fingerprint density at radius 2 is 1.96 bits per heavy atom. The molecule has 146 valence electrons. The minimum atomic E-state index is -0.116. The van der Waals surface area contributed by atoms with Crippen LogP contribution < -0.4 is 5.32 Å². The molecule has 0 aliphatic rings. The van der Waals surface area contributed by atoms with Crippen molar-refractivity contribution in [1.82, 2.24) is 25.0 Å². The number of aromatic nitrogens is 3. The molecule has 0 fully saturated rings. The topological polar surface area (TPSA) is 63.1 Å². The summed E-state index contributed by atoms with van der Waals surface area (Å²) < 4.78 is 1.73. The lowest BCUT2D eigenvalue weighted by Crippen LogP contribution is -2.24. The van der Waals surface area contributed by atoms with Gasteiger partial charge in [0.25, 0.3) is 5.91 Å². The van der Waals surface area contributed by atoms with Gasteiger partial charge in [0, 0.05) is 19.3 Å². The Bertz CT molecular complexity index is 920. The highest BCUT2D eigenvalue weighted by molar-refractivity contribution is 5.95. The largest absolute Gasteiger partial charge is 0.348 e. The molecular weight excluding hydrogens is 350 g/mol. The SMILES string of the molecule is CCc1c(C(=O)NCc2cccc(CN(C)CC)c2)cnn1-c1ccccn1. The minimum absolute atomic E-state index is 0.116. The number of benzene rings is 1. The first-order valence-corrected chi connectivity index (χ1v) is 9.65. The lowest BCUT2D eigenvalue weighted by atomic mass is 10.1. The van der Waals surface area contributed by atoms with Crippen molar-refractivity contribution in [3.63, 3.8) is 0 Å². The predicted octanol–water partition coefficient (Wildman–Crippen LogP) is 3.21. The van der Waals surface area contributed by atoms with E-state index in [1.165, 1.54) is 5.56 Å². The Morgan fingerprint density at radius 3 is 2.68 bits per heavy atom. The van der Waals surface area contributed by atoms with E-state index in [1.54, 1.807) is 17.1 Å². The van der Waals surface area contributed by atoms with Gasteiger partial charge in [0.15, 0.2) is 5.82 Å². The Labute approximate surface area is 166 Å². The second-order valence-electron chi connectivity index (χ2n) is 6.79. The minimum Gasteiger partial charge on any atom is -0.348 e. The molecule has 1 N–H and O–H groups in total. The van der Waals surface area contributed by atoms with Crippen molar-refractivity contribution in [2.45, 2.75) is 33.4 Å². The van der Waals surface area contributed by atoms with Gasteiger partial charge in [0.05, 0.1) is 17.5 Å². The average molecular weight is 377 g/mol. The van der Waals surface area contributed by atoms with Crippen LogP contribution in [0.1, 0.15) is 41.0 Å². The number of nitrogens with one attached hydrogen (secondary N) is 1. The van der Waals surface area contributed by atoms with Crippen LogP contribution in [0.15, 0.2) is 54.9 Å². The third-order valence-corrected chi connectivity index (χ3v) is 4.75. The Kier molecular flexibility index (Phi) is 6.55. The third-order valence-electron chi connectivity index (χ3n) is 4.75. The normalized spacial score (nSPS) is 11.0. The molecule has 0 bridgehead atoms. The summed E-state index contributed by atoms with van der Waals surface area (Å²) in [6.07, 6.45) is 4.03. The predicted molar refractivity (Wildman–Crippen MR) is 110 cm³/mol. The number of nitrogens with zero attached hydrogens (tertiary/aromatic N) is 4. The molecule has 3 rings (SSSR count). The second kappa shape index (κ2) is 9.28. The van der Waals surface area contributed by atoms with Gasteiger partial charge in [-0.25, -0.2) is 9.67 Å². The van der Waals surface area contributed by atoms with E-state index in [2.05, 4.69) is 46.4 Å². The summed E-state index contributed by atoms with van der Waals surface area (Å²) in [5.41, 5.74) is 3.78. The monoisotopic (exact) mass is 377 g/mol. The van der Waals surface area contributed by atoms with Crippen molar-refractivity contribution in [2.24, 2.45) is 0 Å². The molecule has 2 aromatic heterocycles. The molecule has 0 saturated carbocycles. The summed E-state index contributed by atoms with van der Waals surface area (Å²) >= 11 is 0. The lowest BCUT2D eigenvalue weighted by molar-refractivity contribution is 0.0950. The van der Waals surface area contributed by atoms with E-state index in [0.29, 0.717) is 24.3 Å². The van der Waals surface area contributed by atoms with Crippen LogP contribution in [0, 0.1) is 0 Å². The van der Waals surface area contributed by atoms with Gasteiger partial charge in [-0.1, -0.05) is 44.2 Å². The number of pyridine rings is 1. The Hall–Kier alpha value is -2.99. The fourth-order valence-corrected chi connectivity index (χ4v) is 3.12. The van der Waals surface area contributed by atoms with Crippen LogP contribution in [0.4, 0.5) is 0 Å². The zero-order valence-electron chi connectivity index (χ0n) is 16.7. The number of hydrogen-bond acceptors (Lipinski definition) is 4. The second-order valence-corrected chi connectivity index (χ2v) is 6.79. The maximum atomic E-state index is 12.8. The molecular formula is C22H27N5O. The number of amides is 1. The molecule has 0 spiro atoms. The van der Waals surface area contributed by atoms with Gasteiger partial charge in [0.1, 0.15) is 0 Å². The number of hydrogen-bond donors (Lipinski definition) is 1. The summed E-state index contributed by atoms with van der Waals surface area (Å²) in [7, 11) is 2.10. The van der Waals surface area contributed by atoms with Gasteiger partial charge in [-0.2, -0.15) is 5.10 Å². The van der Waals surface area contributed by atoms with Crippen molar-refractivity contribution in [2.75, 3.05) is 13.6 Å². The molecule has 1 aromatic carbocycles. The van der Waals surface area contributed by atoms with E-state index in [0.717, 1.165) is 24.3 Å². The fraction of sp³-hybridized carbons (Fsp3) is 0.318. The van der Waals surface area contributed by atoms with Crippen LogP contribution in [-0.4, -0.2) is 39.2 Å². The van der Waals surface area contributed by atoms with E-state index >= 15 is 0 Å². The summed E-state index contributed by atoms with van der Waals surface area (Å²) in [5, 5.41) is 7.40. The molecule has 28 heavy (non-hydrogen) atoms. The van der Waals surface area contributed by atoms with Gasteiger partial charge in [-0.15, -0.1) is 0 Å². The summed E-state index contributed by atoms with van der Waals surface area (Å²) in [6.45, 7) is 6.54. The Morgan fingerprint density at radius 1 is 1.14 bits per heavy atom. The molecule has 0 aliphatic carbocycles. The summed E-state index contributed by atoms with van der Waals surface area (Å²) in [5.74, 6) is 0.598. The fourth-order valence-electron chi connectivity index (χ4n) is 3.12. The third kappa shape index (κ3) is 4.64. The highest BCUT2D eigenvalue weighted by atomic mass is 16.1. The van der Waals surface area contributed by atoms with Gasteiger partial charge in [-0.3, -0.25) is 4.79 Å². The van der Waals surface area contributed by atoms with Crippen LogP contribution in [0.5, 0.6) is 0 Å². The highest BCUT2D eigenvalue weighted by Crippen LogP contribution is 2.15. The van der Waals surface area contributed by atoms with E-state index in [-0.39, 0.29) is 5.91 Å². The molecule has 0 unspecified atom stereocenters. The van der Waals surface area contributed by atoms with E-state index in [4.69, 9.17) is 0 Å². The van der Waals surface area contributed by atoms with Gasteiger partial charge < -0.3 is 10.2 Å². The van der Waals surface area contributed by atoms with Crippen molar-refractivity contribution in [3.05, 3.63) is 77.2 Å². The molecule has 6 nitrogen and oxygen atoms in total. The van der Waals surface area contributed by atoms with E-state index in [9.17, 15) is 4.79 Å². The van der Waals surface area contributed by atoms with Gasteiger partial charge in [-0.05, 0) is 43.3 Å². The smallest absolute Gasteiger partial charge is 0.255 e. The van der Waals surface area contributed by atoms with Crippen molar-refractivity contribution >= 4 is 5.91 Å². The van der Waals surface area contributed by atoms with Crippen molar-refractivity contribution < 1.29 is 4.79 Å². The highest BCUT2D eigenvalue weighted by Gasteiger charge is 2.17. The molecule has 0 aliphatic heterocycles. The lowest BCUT2D eigenvalue weighted by Gasteiger charge is -2.14.